The van der Waals surface area contributed by atoms with Gasteiger partial charge in [0.25, 0.3) is 0 Å². The molecule has 4 nitrogen and oxygen atoms in total. The van der Waals surface area contributed by atoms with Gasteiger partial charge in [0.2, 0.25) is 0 Å². The average molecular weight is 280 g/mol. The summed E-state index contributed by atoms with van der Waals surface area (Å²) in [5.74, 6) is 1.54. The zero-order chi connectivity index (χ0) is 14.8. The number of aliphatic hydroxyl groups is 1. The van der Waals surface area contributed by atoms with Gasteiger partial charge in [-0.2, -0.15) is 0 Å². The summed E-state index contributed by atoms with van der Waals surface area (Å²) in [6.45, 7) is 9.70. The summed E-state index contributed by atoms with van der Waals surface area (Å²) in [4.78, 5) is 0. The van der Waals surface area contributed by atoms with E-state index in [0.29, 0.717) is 13.2 Å². The first-order valence-electron chi connectivity index (χ1n) is 7.19. The standard InChI is InChI=1S/C16H25NO3/c1-4-10-20-16-13(11-17-14(5-2)12-18)8-7-9-15(16)19-6-3/h4,7-9,14,17-18H,1,5-6,10-12H2,2-3H3/p+1/t14-/m0/s1. The van der Waals surface area contributed by atoms with Gasteiger partial charge in [-0.25, -0.2) is 0 Å². The summed E-state index contributed by atoms with van der Waals surface area (Å²) in [6.07, 6.45) is 2.66. The van der Waals surface area contributed by atoms with Crippen molar-refractivity contribution in [2.45, 2.75) is 32.9 Å². The lowest BCUT2D eigenvalue weighted by Gasteiger charge is -2.16. The predicted molar refractivity (Wildman–Crippen MR) is 80.1 cm³/mol. The van der Waals surface area contributed by atoms with Crippen LogP contribution in [0.3, 0.4) is 0 Å². The summed E-state index contributed by atoms with van der Waals surface area (Å²) in [5.41, 5.74) is 1.07. The van der Waals surface area contributed by atoms with Crippen LogP contribution in [0.1, 0.15) is 25.8 Å². The monoisotopic (exact) mass is 280 g/mol. The Bertz CT molecular complexity index is 403. The van der Waals surface area contributed by atoms with Gasteiger partial charge in [-0.15, -0.1) is 0 Å². The zero-order valence-electron chi connectivity index (χ0n) is 12.5. The third-order valence-corrected chi connectivity index (χ3v) is 3.14. The number of hydrogen-bond acceptors (Lipinski definition) is 3. The van der Waals surface area contributed by atoms with E-state index in [1.807, 2.05) is 25.1 Å². The van der Waals surface area contributed by atoms with Crippen molar-refractivity contribution < 1.29 is 19.9 Å². The molecule has 1 aromatic carbocycles. The highest BCUT2D eigenvalue weighted by atomic mass is 16.5. The first-order valence-corrected chi connectivity index (χ1v) is 7.19. The smallest absolute Gasteiger partial charge is 0.170 e. The Balaban J connectivity index is 2.86. The van der Waals surface area contributed by atoms with E-state index >= 15 is 0 Å². The quantitative estimate of drug-likeness (QED) is 0.638. The van der Waals surface area contributed by atoms with E-state index in [2.05, 4.69) is 18.8 Å². The first-order chi connectivity index (χ1) is 9.76. The fourth-order valence-electron chi connectivity index (χ4n) is 1.96. The van der Waals surface area contributed by atoms with Gasteiger partial charge in [-0.1, -0.05) is 25.6 Å². The molecule has 0 fully saturated rings. The van der Waals surface area contributed by atoms with Crippen LogP contribution in [0.15, 0.2) is 30.9 Å². The van der Waals surface area contributed by atoms with Crippen molar-refractivity contribution in [1.29, 1.82) is 0 Å². The van der Waals surface area contributed by atoms with Crippen molar-refractivity contribution in [3.8, 4) is 11.5 Å². The Kier molecular flexibility index (Phi) is 7.77. The van der Waals surface area contributed by atoms with Crippen LogP contribution in [0.5, 0.6) is 11.5 Å². The second-order valence-electron chi connectivity index (χ2n) is 4.57. The van der Waals surface area contributed by atoms with Crippen LogP contribution in [0.4, 0.5) is 0 Å². The fourth-order valence-corrected chi connectivity index (χ4v) is 1.96. The van der Waals surface area contributed by atoms with Gasteiger partial charge in [0.15, 0.2) is 11.5 Å². The maximum Gasteiger partial charge on any atom is 0.170 e. The van der Waals surface area contributed by atoms with Crippen molar-refractivity contribution in [2.24, 2.45) is 0 Å². The van der Waals surface area contributed by atoms with Gasteiger partial charge in [-0.05, 0) is 25.5 Å². The van der Waals surface area contributed by atoms with Crippen molar-refractivity contribution in [1.82, 2.24) is 0 Å². The van der Waals surface area contributed by atoms with Gasteiger partial charge in [0.05, 0.1) is 18.8 Å². The molecular weight excluding hydrogens is 254 g/mol. The molecular formula is C16H26NO3+. The number of para-hydroxylation sites is 1. The fraction of sp³-hybridized carbons (Fsp3) is 0.500. The number of rotatable bonds is 10. The molecule has 4 heteroatoms. The molecule has 0 heterocycles. The summed E-state index contributed by atoms with van der Waals surface area (Å²) in [7, 11) is 0. The van der Waals surface area contributed by atoms with Gasteiger partial charge in [0, 0.05) is 0 Å². The number of quaternary nitrogens is 1. The highest BCUT2D eigenvalue weighted by molar-refractivity contribution is 5.46. The Morgan fingerprint density at radius 2 is 2.15 bits per heavy atom. The average Bonchev–Trinajstić information content (AvgIpc) is 2.47. The molecule has 0 aliphatic carbocycles. The lowest BCUT2D eigenvalue weighted by molar-refractivity contribution is -0.706. The molecule has 1 rings (SSSR count). The largest absolute Gasteiger partial charge is 0.490 e. The topological polar surface area (TPSA) is 55.3 Å². The minimum Gasteiger partial charge on any atom is -0.490 e. The van der Waals surface area contributed by atoms with Crippen LogP contribution in [0.25, 0.3) is 0 Å². The molecule has 0 radical (unpaired) electrons. The number of benzene rings is 1. The minimum atomic E-state index is 0.185. The van der Waals surface area contributed by atoms with Crippen molar-refractivity contribution >= 4 is 0 Å². The molecule has 0 saturated carbocycles. The second-order valence-corrected chi connectivity index (χ2v) is 4.57. The summed E-state index contributed by atoms with van der Waals surface area (Å²) in [6, 6.07) is 6.13. The molecule has 0 unspecified atom stereocenters. The van der Waals surface area contributed by atoms with Crippen LogP contribution in [0.2, 0.25) is 0 Å². The maximum atomic E-state index is 9.25. The van der Waals surface area contributed by atoms with Crippen LogP contribution < -0.4 is 14.8 Å². The molecule has 3 N–H and O–H groups in total. The van der Waals surface area contributed by atoms with Crippen LogP contribution in [-0.4, -0.2) is 31.0 Å². The molecule has 0 aromatic heterocycles. The van der Waals surface area contributed by atoms with E-state index in [0.717, 1.165) is 30.0 Å². The third kappa shape index (κ3) is 4.87. The SMILES string of the molecule is C=CCOc1c(C[NH2+][C@@H](CC)CO)cccc1OCC. The van der Waals surface area contributed by atoms with Crippen molar-refractivity contribution in [2.75, 3.05) is 19.8 Å². The van der Waals surface area contributed by atoms with Crippen molar-refractivity contribution in [3.05, 3.63) is 36.4 Å². The number of aliphatic hydroxyl groups excluding tert-OH is 1. The molecule has 0 saturated heterocycles. The molecule has 1 atom stereocenters. The Hall–Kier alpha value is -1.52. The van der Waals surface area contributed by atoms with E-state index in [9.17, 15) is 5.11 Å². The molecule has 0 aliphatic heterocycles. The molecule has 0 aliphatic rings. The number of hydrogen-bond donors (Lipinski definition) is 2. The van der Waals surface area contributed by atoms with E-state index in [-0.39, 0.29) is 12.6 Å². The van der Waals surface area contributed by atoms with Crippen LogP contribution >= 0.6 is 0 Å². The van der Waals surface area contributed by atoms with Gasteiger partial charge < -0.3 is 19.9 Å². The van der Waals surface area contributed by atoms with Crippen molar-refractivity contribution in [3.63, 3.8) is 0 Å². The molecule has 0 amide bonds. The molecule has 1 aromatic rings. The normalized spacial score (nSPS) is 11.9. The predicted octanol–water partition coefficient (Wildman–Crippen LogP) is 1.48. The zero-order valence-corrected chi connectivity index (χ0v) is 12.5. The van der Waals surface area contributed by atoms with E-state index in [4.69, 9.17) is 9.47 Å². The molecule has 112 valence electrons. The van der Waals surface area contributed by atoms with E-state index in [1.54, 1.807) is 6.08 Å². The Morgan fingerprint density at radius 3 is 2.75 bits per heavy atom. The van der Waals surface area contributed by atoms with Gasteiger partial charge >= 0.3 is 0 Å². The lowest BCUT2D eigenvalue weighted by Crippen LogP contribution is -2.89. The van der Waals surface area contributed by atoms with E-state index < -0.39 is 0 Å². The highest BCUT2D eigenvalue weighted by Gasteiger charge is 2.14. The molecule has 0 bridgehead atoms. The second kappa shape index (κ2) is 9.39. The highest BCUT2D eigenvalue weighted by Crippen LogP contribution is 2.31. The summed E-state index contributed by atoms with van der Waals surface area (Å²) < 4.78 is 11.4. The number of nitrogens with two attached hydrogens (primary N) is 1. The van der Waals surface area contributed by atoms with E-state index in [1.165, 1.54) is 0 Å². The Labute approximate surface area is 121 Å². The van der Waals surface area contributed by atoms with Crippen LogP contribution in [0, 0.1) is 0 Å². The van der Waals surface area contributed by atoms with Gasteiger partial charge in [-0.3, -0.25) is 0 Å². The third-order valence-electron chi connectivity index (χ3n) is 3.14. The maximum absolute atomic E-state index is 9.25. The molecule has 0 spiro atoms. The number of ether oxygens (including phenoxy) is 2. The van der Waals surface area contributed by atoms with Gasteiger partial charge in [0.1, 0.15) is 19.2 Å². The summed E-state index contributed by atoms with van der Waals surface area (Å²) >= 11 is 0. The van der Waals surface area contributed by atoms with Crippen LogP contribution in [-0.2, 0) is 6.54 Å². The minimum absolute atomic E-state index is 0.185. The lowest BCUT2D eigenvalue weighted by atomic mass is 10.1. The summed E-state index contributed by atoms with van der Waals surface area (Å²) in [5, 5.41) is 11.4. The Morgan fingerprint density at radius 1 is 1.35 bits per heavy atom. The first kappa shape index (κ1) is 16.5. The molecule has 20 heavy (non-hydrogen) atoms.